The quantitative estimate of drug-likeness (QED) is 0.592. The molecule has 2 N–H and O–H groups in total. The summed E-state index contributed by atoms with van der Waals surface area (Å²) >= 11 is 0. The minimum atomic E-state index is 0.547. The van der Waals surface area contributed by atoms with E-state index in [1.165, 1.54) is 0 Å². The maximum atomic E-state index is 6.11. The van der Waals surface area contributed by atoms with Crippen molar-refractivity contribution in [2.45, 2.75) is 6.54 Å². The molecule has 4 aromatic rings. The summed E-state index contributed by atoms with van der Waals surface area (Å²) in [5, 5.41) is 0.908. The van der Waals surface area contributed by atoms with Gasteiger partial charge in [-0.05, 0) is 24.3 Å². The first-order chi connectivity index (χ1) is 13.8. The minimum absolute atomic E-state index is 0.547. The lowest BCUT2D eigenvalue weighted by molar-refractivity contribution is 0.244. The van der Waals surface area contributed by atoms with Gasteiger partial charge in [0.25, 0.3) is 0 Å². The summed E-state index contributed by atoms with van der Waals surface area (Å²) in [6.45, 7) is 4.34. The molecule has 1 aliphatic rings. The van der Waals surface area contributed by atoms with Crippen LogP contribution < -0.4 is 10.6 Å². The van der Waals surface area contributed by atoms with Crippen molar-refractivity contribution in [1.29, 1.82) is 0 Å². The molecule has 1 saturated heterocycles. The van der Waals surface area contributed by atoms with E-state index in [1.807, 2.05) is 54.7 Å². The Morgan fingerprint density at radius 2 is 1.50 bits per heavy atom. The lowest BCUT2D eigenvalue weighted by Gasteiger charge is -2.34. The van der Waals surface area contributed by atoms with E-state index in [4.69, 9.17) is 10.7 Å². The van der Waals surface area contributed by atoms with Crippen molar-refractivity contribution < 1.29 is 0 Å². The molecule has 0 spiro atoms. The lowest BCUT2D eigenvalue weighted by atomic mass is 10.2. The van der Waals surface area contributed by atoms with Crippen molar-refractivity contribution in [2.24, 2.45) is 0 Å². The molecule has 1 fully saturated rings. The monoisotopic (exact) mass is 371 g/mol. The Morgan fingerprint density at radius 1 is 0.786 bits per heavy atom. The minimum Gasteiger partial charge on any atom is -0.383 e. The maximum Gasteiger partial charge on any atom is 0.147 e. The number of aromatic nitrogens is 4. The highest BCUT2D eigenvalue weighted by atomic mass is 15.3. The molecule has 0 amide bonds. The summed E-state index contributed by atoms with van der Waals surface area (Å²) in [6.07, 6.45) is 1.87. The summed E-state index contributed by atoms with van der Waals surface area (Å²) in [5.74, 6) is 2.25. The van der Waals surface area contributed by atoms with Crippen molar-refractivity contribution in [2.75, 3.05) is 36.8 Å². The molecular weight excluding hydrogens is 350 g/mol. The van der Waals surface area contributed by atoms with Crippen LogP contribution in [0.5, 0.6) is 0 Å². The number of hydrogen-bond acceptors (Lipinski definition) is 7. The van der Waals surface area contributed by atoms with Gasteiger partial charge in [0.15, 0.2) is 0 Å². The van der Waals surface area contributed by atoms with Crippen LogP contribution >= 0.6 is 0 Å². The van der Waals surface area contributed by atoms with Crippen LogP contribution in [0.2, 0.25) is 0 Å². The molecular formula is C21H21N7. The number of para-hydroxylation sites is 3. The highest BCUT2D eigenvalue weighted by Crippen LogP contribution is 2.20. The topological polar surface area (TPSA) is 84.1 Å². The molecule has 0 unspecified atom stereocenters. The van der Waals surface area contributed by atoms with Crippen LogP contribution in [0.4, 0.5) is 11.6 Å². The van der Waals surface area contributed by atoms with Gasteiger partial charge >= 0.3 is 0 Å². The average Bonchev–Trinajstić information content (AvgIpc) is 2.74. The largest absolute Gasteiger partial charge is 0.383 e. The molecule has 3 heterocycles. The fourth-order valence-corrected chi connectivity index (χ4v) is 3.66. The van der Waals surface area contributed by atoms with Crippen LogP contribution in [0.15, 0.2) is 54.7 Å². The molecule has 0 radical (unpaired) electrons. The van der Waals surface area contributed by atoms with E-state index in [9.17, 15) is 0 Å². The van der Waals surface area contributed by atoms with Crippen molar-refractivity contribution in [1.82, 2.24) is 24.8 Å². The summed E-state index contributed by atoms with van der Waals surface area (Å²) < 4.78 is 0. The summed E-state index contributed by atoms with van der Waals surface area (Å²) in [6, 6.07) is 15.8. The van der Waals surface area contributed by atoms with Gasteiger partial charge in [0.1, 0.15) is 17.5 Å². The number of nitrogens with zero attached hydrogens (tertiary/aromatic N) is 6. The highest BCUT2D eigenvalue weighted by molar-refractivity contribution is 5.87. The zero-order chi connectivity index (χ0) is 18.9. The standard InChI is InChI=1S/C21H21N7/c22-21-15-5-1-2-6-16(15)24-19(26-21)14-27-9-11-28(12-10-27)20-13-23-17-7-3-4-8-18(17)25-20/h1-8,13H,9-12,14H2,(H2,22,24,26). The first-order valence-electron chi connectivity index (χ1n) is 9.46. The van der Waals surface area contributed by atoms with Crippen LogP contribution in [-0.2, 0) is 6.54 Å². The smallest absolute Gasteiger partial charge is 0.147 e. The van der Waals surface area contributed by atoms with Gasteiger partial charge in [-0.25, -0.2) is 15.0 Å². The van der Waals surface area contributed by atoms with E-state index in [2.05, 4.69) is 24.8 Å². The van der Waals surface area contributed by atoms with Crippen molar-refractivity contribution in [3.05, 3.63) is 60.6 Å². The number of nitrogen functional groups attached to an aromatic ring is 1. The normalized spacial score (nSPS) is 15.4. The average molecular weight is 371 g/mol. The second kappa shape index (κ2) is 7.01. The Bertz CT molecular complexity index is 1140. The Balaban J connectivity index is 1.28. The van der Waals surface area contributed by atoms with Crippen LogP contribution in [0.3, 0.4) is 0 Å². The van der Waals surface area contributed by atoms with Gasteiger partial charge in [-0.2, -0.15) is 0 Å². The van der Waals surface area contributed by atoms with Gasteiger partial charge in [-0.15, -0.1) is 0 Å². The van der Waals surface area contributed by atoms with Gasteiger partial charge in [-0.1, -0.05) is 24.3 Å². The fraction of sp³-hybridized carbons (Fsp3) is 0.238. The molecule has 28 heavy (non-hydrogen) atoms. The first-order valence-corrected chi connectivity index (χ1v) is 9.46. The fourth-order valence-electron chi connectivity index (χ4n) is 3.66. The van der Waals surface area contributed by atoms with E-state index < -0.39 is 0 Å². The number of nitrogens with two attached hydrogens (primary N) is 1. The highest BCUT2D eigenvalue weighted by Gasteiger charge is 2.20. The molecule has 1 aliphatic heterocycles. The van der Waals surface area contributed by atoms with E-state index in [1.54, 1.807) is 0 Å². The molecule has 2 aromatic heterocycles. The van der Waals surface area contributed by atoms with Crippen molar-refractivity contribution >= 4 is 33.6 Å². The second-order valence-electron chi connectivity index (χ2n) is 7.02. The Hall–Kier alpha value is -3.32. The van der Waals surface area contributed by atoms with Crippen molar-refractivity contribution in [3.8, 4) is 0 Å². The zero-order valence-electron chi connectivity index (χ0n) is 15.5. The molecule has 7 nitrogen and oxygen atoms in total. The molecule has 7 heteroatoms. The van der Waals surface area contributed by atoms with E-state index in [-0.39, 0.29) is 0 Å². The Labute approximate surface area is 162 Å². The molecule has 0 aliphatic carbocycles. The van der Waals surface area contributed by atoms with E-state index in [0.717, 1.165) is 59.8 Å². The Morgan fingerprint density at radius 3 is 2.32 bits per heavy atom. The zero-order valence-corrected chi connectivity index (χ0v) is 15.5. The van der Waals surface area contributed by atoms with Gasteiger partial charge in [0, 0.05) is 31.6 Å². The molecule has 5 rings (SSSR count). The van der Waals surface area contributed by atoms with Gasteiger partial charge in [0.05, 0.1) is 29.3 Å². The van der Waals surface area contributed by atoms with Gasteiger partial charge in [-0.3, -0.25) is 9.88 Å². The third-order valence-electron chi connectivity index (χ3n) is 5.18. The van der Waals surface area contributed by atoms with E-state index in [0.29, 0.717) is 12.4 Å². The molecule has 140 valence electrons. The molecule has 0 saturated carbocycles. The van der Waals surface area contributed by atoms with Gasteiger partial charge < -0.3 is 10.6 Å². The molecule has 0 bridgehead atoms. The third kappa shape index (κ3) is 3.20. The Kier molecular flexibility index (Phi) is 4.21. The predicted octanol–water partition coefficient (Wildman–Crippen LogP) is 2.48. The summed E-state index contributed by atoms with van der Waals surface area (Å²) in [4.78, 5) is 23.1. The molecule has 2 aromatic carbocycles. The van der Waals surface area contributed by atoms with Crippen molar-refractivity contribution in [3.63, 3.8) is 0 Å². The number of piperazine rings is 1. The summed E-state index contributed by atoms with van der Waals surface area (Å²) in [5.41, 5.74) is 8.87. The number of rotatable bonds is 3. The second-order valence-corrected chi connectivity index (χ2v) is 7.02. The lowest BCUT2D eigenvalue weighted by Crippen LogP contribution is -2.46. The predicted molar refractivity (Wildman–Crippen MR) is 111 cm³/mol. The SMILES string of the molecule is Nc1nc(CN2CCN(c3cnc4ccccc4n3)CC2)nc2ccccc12. The third-order valence-corrected chi connectivity index (χ3v) is 5.18. The van der Waals surface area contributed by atoms with Crippen LogP contribution in [0.1, 0.15) is 5.82 Å². The first kappa shape index (κ1) is 16.8. The van der Waals surface area contributed by atoms with Crippen LogP contribution in [0, 0.1) is 0 Å². The maximum absolute atomic E-state index is 6.11. The summed E-state index contributed by atoms with van der Waals surface area (Å²) in [7, 11) is 0. The van der Waals surface area contributed by atoms with Crippen LogP contribution in [-0.4, -0.2) is 51.0 Å². The van der Waals surface area contributed by atoms with Gasteiger partial charge in [0.2, 0.25) is 0 Å². The number of fused-ring (bicyclic) bond motifs is 2. The number of hydrogen-bond donors (Lipinski definition) is 1. The van der Waals surface area contributed by atoms with Crippen LogP contribution in [0.25, 0.3) is 21.9 Å². The molecule has 0 atom stereocenters. The number of benzene rings is 2. The van der Waals surface area contributed by atoms with E-state index >= 15 is 0 Å². The number of anilines is 2.